The van der Waals surface area contributed by atoms with E-state index in [4.69, 9.17) is 0 Å². The van der Waals surface area contributed by atoms with Crippen LogP contribution in [0.2, 0.25) is 0 Å². The number of aromatic nitrogens is 3. The minimum atomic E-state index is -0.437. The van der Waals surface area contributed by atoms with Crippen molar-refractivity contribution in [3.05, 3.63) is 99.0 Å². The summed E-state index contributed by atoms with van der Waals surface area (Å²) in [6, 6.07) is 17.1. The van der Waals surface area contributed by atoms with Gasteiger partial charge in [-0.2, -0.15) is 0 Å². The van der Waals surface area contributed by atoms with E-state index in [1.807, 2.05) is 38.5 Å². The number of carbonyl (C=O) groups excluding carboxylic acids is 2. The second kappa shape index (κ2) is 10.6. The number of aryl methyl sites for hydroxylation is 4. The molecule has 5 rings (SSSR count). The van der Waals surface area contributed by atoms with Gasteiger partial charge in [-0.25, -0.2) is 15.0 Å². The van der Waals surface area contributed by atoms with Crippen LogP contribution in [0.3, 0.4) is 0 Å². The lowest BCUT2D eigenvalue weighted by Crippen LogP contribution is -2.18. The Kier molecular flexibility index (Phi) is 7.13. The fourth-order valence-corrected chi connectivity index (χ4v) is 5.35. The Bertz CT molecular complexity index is 1550. The molecule has 5 aromatic rings. The van der Waals surface area contributed by atoms with Crippen LogP contribution in [0.25, 0.3) is 22.5 Å². The number of hydrogen-bond donors (Lipinski definition) is 2. The maximum atomic E-state index is 12.9. The molecule has 2 amide bonds. The van der Waals surface area contributed by atoms with Gasteiger partial charge in [0.2, 0.25) is 0 Å². The number of amides is 2. The van der Waals surface area contributed by atoms with Gasteiger partial charge in [-0.3, -0.25) is 20.2 Å². The molecule has 9 heteroatoms. The van der Waals surface area contributed by atoms with Gasteiger partial charge in [0.05, 0.1) is 11.4 Å². The number of nitrogens with one attached hydrogen (secondary N) is 2. The third-order valence-corrected chi connectivity index (χ3v) is 7.52. The molecule has 0 unspecified atom stereocenters. The normalized spacial score (nSPS) is 10.8. The van der Waals surface area contributed by atoms with Crippen molar-refractivity contribution in [2.24, 2.45) is 0 Å². The lowest BCUT2D eigenvalue weighted by molar-refractivity contribution is 0.101. The van der Waals surface area contributed by atoms with Gasteiger partial charge in [-0.1, -0.05) is 41.5 Å². The van der Waals surface area contributed by atoms with Crippen LogP contribution in [0.4, 0.5) is 10.3 Å². The SMILES string of the molecule is Cc1ccc(C)c(-c2csc(NC(=O)c3cccc(C(=O)Nc4nc(-c5cc(C)ccc5C)cs4)n3)n2)c1. The van der Waals surface area contributed by atoms with E-state index >= 15 is 0 Å². The zero-order valence-corrected chi connectivity index (χ0v) is 23.0. The Morgan fingerprint density at radius 3 is 1.53 bits per heavy atom. The average molecular weight is 540 g/mol. The lowest BCUT2D eigenvalue weighted by atomic mass is 10.0. The van der Waals surface area contributed by atoms with Crippen LogP contribution < -0.4 is 10.6 Å². The Labute approximate surface area is 228 Å². The summed E-state index contributed by atoms with van der Waals surface area (Å²) in [6.45, 7) is 8.13. The smallest absolute Gasteiger partial charge is 0.276 e. The lowest BCUT2D eigenvalue weighted by Gasteiger charge is -2.05. The molecule has 190 valence electrons. The molecule has 0 saturated carbocycles. The van der Waals surface area contributed by atoms with Crippen LogP contribution in [-0.4, -0.2) is 26.8 Å². The number of rotatable bonds is 6. The Balaban J connectivity index is 1.28. The highest BCUT2D eigenvalue weighted by atomic mass is 32.1. The maximum Gasteiger partial charge on any atom is 0.276 e. The van der Waals surface area contributed by atoms with Gasteiger partial charge in [0.1, 0.15) is 11.4 Å². The predicted molar refractivity (Wildman–Crippen MR) is 154 cm³/mol. The van der Waals surface area contributed by atoms with Crippen molar-refractivity contribution < 1.29 is 9.59 Å². The second-order valence-electron chi connectivity index (χ2n) is 9.03. The highest BCUT2D eigenvalue weighted by molar-refractivity contribution is 7.14. The van der Waals surface area contributed by atoms with Crippen LogP contribution >= 0.6 is 22.7 Å². The number of benzene rings is 2. The number of hydrogen-bond acceptors (Lipinski definition) is 7. The van der Waals surface area contributed by atoms with E-state index in [1.165, 1.54) is 22.7 Å². The van der Waals surface area contributed by atoms with E-state index in [0.717, 1.165) is 44.8 Å². The summed E-state index contributed by atoms with van der Waals surface area (Å²) in [4.78, 5) is 39.2. The summed E-state index contributed by atoms with van der Waals surface area (Å²) in [6.07, 6.45) is 0. The van der Waals surface area contributed by atoms with Gasteiger partial charge in [-0.05, 0) is 63.1 Å². The van der Waals surface area contributed by atoms with Gasteiger partial charge in [0, 0.05) is 21.9 Å². The average Bonchev–Trinajstić information content (AvgIpc) is 3.57. The third kappa shape index (κ3) is 5.53. The van der Waals surface area contributed by atoms with E-state index < -0.39 is 11.8 Å². The molecule has 0 spiro atoms. The molecule has 0 aliphatic carbocycles. The summed E-state index contributed by atoms with van der Waals surface area (Å²) in [5.74, 6) is -0.874. The molecular formula is C29H25N5O2S2. The monoisotopic (exact) mass is 539 g/mol. The zero-order valence-electron chi connectivity index (χ0n) is 21.3. The summed E-state index contributed by atoms with van der Waals surface area (Å²) < 4.78 is 0. The molecule has 7 nitrogen and oxygen atoms in total. The quantitative estimate of drug-likeness (QED) is 0.241. The second-order valence-corrected chi connectivity index (χ2v) is 10.7. The standard InChI is InChI=1S/C29H25N5O2S2/c1-16-8-10-18(3)20(12-16)24-14-37-28(31-24)33-26(35)22-6-5-7-23(30-22)27(36)34-29-32-25(15-38-29)21-13-17(2)9-11-19(21)4/h5-15H,1-4H3,(H,31,33,35)(H,32,34,36). The number of carbonyl (C=O) groups is 2. The first kappa shape index (κ1) is 25.4. The van der Waals surface area contributed by atoms with Crippen molar-refractivity contribution in [2.75, 3.05) is 10.6 Å². The minimum absolute atomic E-state index is 0.122. The predicted octanol–water partition coefficient (Wildman–Crippen LogP) is 7.07. The van der Waals surface area contributed by atoms with E-state index in [2.05, 4.69) is 62.0 Å². The fraction of sp³-hybridized carbons (Fsp3) is 0.138. The largest absolute Gasteiger partial charge is 0.296 e. The summed E-state index contributed by atoms with van der Waals surface area (Å²) in [7, 11) is 0. The molecule has 0 radical (unpaired) electrons. The van der Waals surface area contributed by atoms with Crippen LogP contribution in [0.15, 0.2) is 65.4 Å². The maximum absolute atomic E-state index is 12.9. The fourth-order valence-electron chi connectivity index (χ4n) is 3.94. The van der Waals surface area contributed by atoms with Crippen molar-refractivity contribution in [3.63, 3.8) is 0 Å². The molecule has 0 saturated heterocycles. The number of nitrogens with zero attached hydrogens (tertiary/aromatic N) is 3. The molecule has 3 aromatic heterocycles. The number of anilines is 2. The van der Waals surface area contributed by atoms with Crippen molar-refractivity contribution >= 4 is 44.8 Å². The summed E-state index contributed by atoms with van der Waals surface area (Å²) >= 11 is 2.68. The molecule has 2 aromatic carbocycles. The van der Waals surface area contributed by atoms with E-state index in [-0.39, 0.29) is 11.4 Å². The molecular weight excluding hydrogens is 514 g/mol. The Hall–Kier alpha value is -4.21. The van der Waals surface area contributed by atoms with E-state index in [9.17, 15) is 9.59 Å². The molecule has 0 aliphatic heterocycles. The highest BCUT2D eigenvalue weighted by Gasteiger charge is 2.16. The molecule has 0 atom stereocenters. The van der Waals surface area contributed by atoms with Crippen LogP contribution in [-0.2, 0) is 0 Å². The number of thiazole rings is 2. The first-order chi connectivity index (χ1) is 18.3. The minimum Gasteiger partial charge on any atom is -0.296 e. The molecule has 2 N–H and O–H groups in total. The van der Waals surface area contributed by atoms with Gasteiger partial charge in [0.25, 0.3) is 11.8 Å². The van der Waals surface area contributed by atoms with Crippen molar-refractivity contribution in [2.45, 2.75) is 27.7 Å². The van der Waals surface area contributed by atoms with Crippen LogP contribution in [0, 0.1) is 27.7 Å². The summed E-state index contributed by atoms with van der Waals surface area (Å²) in [5.41, 5.74) is 8.41. The molecule has 38 heavy (non-hydrogen) atoms. The molecule has 0 fully saturated rings. The topological polar surface area (TPSA) is 96.9 Å². The Morgan fingerprint density at radius 1 is 0.632 bits per heavy atom. The van der Waals surface area contributed by atoms with Gasteiger partial charge >= 0.3 is 0 Å². The highest BCUT2D eigenvalue weighted by Crippen LogP contribution is 2.29. The zero-order chi connectivity index (χ0) is 26.8. The third-order valence-electron chi connectivity index (χ3n) is 6.00. The summed E-state index contributed by atoms with van der Waals surface area (Å²) in [5, 5.41) is 10.3. The molecule has 0 bridgehead atoms. The van der Waals surface area contributed by atoms with Crippen LogP contribution in [0.5, 0.6) is 0 Å². The first-order valence-corrected chi connectivity index (χ1v) is 13.7. The van der Waals surface area contributed by atoms with E-state index in [0.29, 0.717) is 10.3 Å². The van der Waals surface area contributed by atoms with Crippen molar-refractivity contribution in [3.8, 4) is 22.5 Å². The van der Waals surface area contributed by atoms with Crippen LogP contribution in [0.1, 0.15) is 43.2 Å². The van der Waals surface area contributed by atoms with E-state index in [1.54, 1.807) is 18.2 Å². The van der Waals surface area contributed by atoms with Crippen molar-refractivity contribution in [1.82, 2.24) is 15.0 Å². The first-order valence-electron chi connectivity index (χ1n) is 11.9. The van der Waals surface area contributed by atoms with Crippen molar-refractivity contribution in [1.29, 1.82) is 0 Å². The Morgan fingerprint density at radius 2 is 1.08 bits per heavy atom. The van der Waals surface area contributed by atoms with Gasteiger partial charge in [0.15, 0.2) is 10.3 Å². The number of pyridine rings is 1. The van der Waals surface area contributed by atoms with Gasteiger partial charge in [-0.15, -0.1) is 22.7 Å². The van der Waals surface area contributed by atoms with Gasteiger partial charge < -0.3 is 0 Å². The molecule has 0 aliphatic rings. The molecule has 3 heterocycles.